The van der Waals surface area contributed by atoms with Crippen LogP contribution in [0.1, 0.15) is 72.1 Å². The minimum atomic E-state index is -0.484. The van der Waals surface area contributed by atoms with E-state index in [1.807, 2.05) is 6.08 Å². The summed E-state index contributed by atoms with van der Waals surface area (Å²) in [6.45, 7) is 6.85. The summed E-state index contributed by atoms with van der Waals surface area (Å²) in [5.74, 6) is 2.50. The number of rotatable bonds is 0. The molecule has 4 aliphatic carbocycles. The molecule has 122 valence electrons. The van der Waals surface area contributed by atoms with Crippen molar-refractivity contribution in [3.05, 3.63) is 11.6 Å². The van der Waals surface area contributed by atoms with E-state index in [9.17, 15) is 9.90 Å². The van der Waals surface area contributed by atoms with Gasteiger partial charge in [-0.25, -0.2) is 0 Å². The molecule has 4 rings (SSSR count). The normalized spacial score (nSPS) is 54.3. The number of aliphatic hydroxyl groups is 1. The van der Waals surface area contributed by atoms with Crippen molar-refractivity contribution in [3.8, 4) is 0 Å². The summed E-state index contributed by atoms with van der Waals surface area (Å²) in [6, 6.07) is 0. The molecular formula is C20H30O2. The molecule has 0 aromatic carbocycles. The van der Waals surface area contributed by atoms with E-state index in [4.69, 9.17) is 0 Å². The van der Waals surface area contributed by atoms with Crippen LogP contribution < -0.4 is 0 Å². The first-order valence-corrected chi connectivity index (χ1v) is 9.24. The van der Waals surface area contributed by atoms with E-state index in [0.29, 0.717) is 11.7 Å². The minimum absolute atomic E-state index is 0.107. The van der Waals surface area contributed by atoms with Gasteiger partial charge in [0.25, 0.3) is 0 Å². The molecule has 0 saturated heterocycles. The fourth-order valence-corrected chi connectivity index (χ4v) is 6.80. The molecule has 0 bridgehead atoms. The number of carbonyl (C=O) groups excluding carboxylic acids is 1. The zero-order valence-corrected chi connectivity index (χ0v) is 14.3. The van der Waals surface area contributed by atoms with E-state index in [-0.39, 0.29) is 10.8 Å². The van der Waals surface area contributed by atoms with Gasteiger partial charge in [-0.15, -0.1) is 0 Å². The third-order valence-electron chi connectivity index (χ3n) is 8.52. The van der Waals surface area contributed by atoms with Gasteiger partial charge in [-0.1, -0.05) is 19.4 Å². The van der Waals surface area contributed by atoms with Gasteiger partial charge in [0.05, 0.1) is 5.60 Å². The Morgan fingerprint density at radius 3 is 2.50 bits per heavy atom. The summed E-state index contributed by atoms with van der Waals surface area (Å²) >= 11 is 0. The topological polar surface area (TPSA) is 37.3 Å². The van der Waals surface area contributed by atoms with Crippen LogP contribution in [0.15, 0.2) is 11.6 Å². The zero-order chi connectivity index (χ0) is 15.8. The first-order chi connectivity index (χ1) is 10.3. The van der Waals surface area contributed by atoms with Gasteiger partial charge in [0, 0.05) is 6.42 Å². The van der Waals surface area contributed by atoms with E-state index in [1.54, 1.807) is 0 Å². The summed E-state index contributed by atoms with van der Waals surface area (Å²) in [4.78, 5) is 11.8. The van der Waals surface area contributed by atoms with Gasteiger partial charge in [0.2, 0.25) is 0 Å². The zero-order valence-electron chi connectivity index (χ0n) is 14.3. The molecule has 0 spiro atoms. The second kappa shape index (κ2) is 4.47. The average Bonchev–Trinajstić information content (AvgIpc) is 2.70. The van der Waals surface area contributed by atoms with E-state index in [2.05, 4.69) is 20.8 Å². The van der Waals surface area contributed by atoms with Crippen molar-refractivity contribution < 1.29 is 9.90 Å². The van der Waals surface area contributed by atoms with Crippen molar-refractivity contribution in [2.45, 2.75) is 77.7 Å². The second-order valence-corrected chi connectivity index (χ2v) is 9.24. The molecule has 4 aliphatic rings. The van der Waals surface area contributed by atoms with Crippen LogP contribution in [0.2, 0.25) is 0 Å². The Bertz CT molecular complexity index is 546. The van der Waals surface area contributed by atoms with Crippen molar-refractivity contribution in [1.29, 1.82) is 0 Å². The Balaban J connectivity index is 1.70. The Labute approximate surface area is 134 Å². The first-order valence-electron chi connectivity index (χ1n) is 9.24. The Morgan fingerprint density at radius 1 is 1.00 bits per heavy atom. The monoisotopic (exact) mass is 302 g/mol. The number of ketones is 1. The maximum Gasteiger partial charge on any atom is 0.155 e. The molecule has 0 aromatic heterocycles. The van der Waals surface area contributed by atoms with E-state index < -0.39 is 5.60 Å². The predicted molar refractivity (Wildman–Crippen MR) is 87.3 cm³/mol. The molecule has 0 aromatic rings. The fourth-order valence-electron chi connectivity index (χ4n) is 6.80. The molecule has 0 aliphatic heterocycles. The maximum absolute atomic E-state index is 11.8. The summed E-state index contributed by atoms with van der Waals surface area (Å²) in [5, 5.41) is 10.9. The molecular weight excluding hydrogens is 272 g/mol. The van der Waals surface area contributed by atoms with E-state index >= 15 is 0 Å². The van der Waals surface area contributed by atoms with Crippen LogP contribution in [0.4, 0.5) is 0 Å². The van der Waals surface area contributed by atoms with Crippen molar-refractivity contribution >= 4 is 5.78 Å². The molecule has 6 atom stereocenters. The minimum Gasteiger partial charge on any atom is -0.390 e. The highest BCUT2D eigenvalue weighted by molar-refractivity contribution is 5.91. The largest absolute Gasteiger partial charge is 0.390 e. The standard InChI is InChI=1S/C20H30O2/c1-18-9-6-14(21)12-13(18)4-5-15-16(18)7-10-19(2)17(15)8-11-20(19,3)22/h12,15-17,22H,4-11H2,1-3H3/t15-,16?,17?,18+,19+,20+/m1/s1. The lowest BCUT2D eigenvalue weighted by Gasteiger charge is -2.58. The van der Waals surface area contributed by atoms with Gasteiger partial charge in [-0.2, -0.15) is 0 Å². The molecule has 0 amide bonds. The lowest BCUT2D eigenvalue weighted by atomic mass is 9.46. The van der Waals surface area contributed by atoms with Gasteiger partial charge >= 0.3 is 0 Å². The molecule has 2 heteroatoms. The van der Waals surface area contributed by atoms with Crippen LogP contribution >= 0.6 is 0 Å². The Hall–Kier alpha value is -0.630. The highest BCUT2D eigenvalue weighted by Gasteiger charge is 2.62. The molecule has 0 heterocycles. The van der Waals surface area contributed by atoms with E-state index in [0.717, 1.165) is 43.9 Å². The van der Waals surface area contributed by atoms with Crippen molar-refractivity contribution in [1.82, 2.24) is 0 Å². The molecule has 1 N–H and O–H groups in total. The lowest BCUT2D eigenvalue weighted by Crippen LogP contribution is -2.53. The highest BCUT2D eigenvalue weighted by atomic mass is 16.3. The quantitative estimate of drug-likeness (QED) is 0.725. The van der Waals surface area contributed by atoms with Crippen LogP contribution in [-0.2, 0) is 4.79 Å². The Morgan fingerprint density at radius 2 is 1.73 bits per heavy atom. The lowest BCUT2D eigenvalue weighted by molar-refractivity contribution is -0.124. The number of hydrogen-bond acceptors (Lipinski definition) is 2. The molecule has 22 heavy (non-hydrogen) atoms. The van der Waals surface area contributed by atoms with Crippen LogP contribution in [0.5, 0.6) is 0 Å². The summed E-state index contributed by atoms with van der Waals surface area (Å²) in [5.41, 5.74) is 1.32. The van der Waals surface area contributed by atoms with Gasteiger partial charge in [-0.3, -0.25) is 4.79 Å². The Kier molecular flexibility index (Phi) is 3.03. The smallest absolute Gasteiger partial charge is 0.155 e. The third kappa shape index (κ3) is 1.74. The van der Waals surface area contributed by atoms with Crippen LogP contribution in [0.3, 0.4) is 0 Å². The van der Waals surface area contributed by atoms with Gasteiger partial charge < -0.3 is 5.11 Å². The summed E-state index contributed by atoms with van der Waals surface area (Å²) in [7, 11) is 0. The number of carbonyl (C=O) groups is 1. The predicted octanol–water partition coefficient (Wildman–Crippen LogP) is 4.27. The van der Waals surface area contributed by atoms with E-state index in [1.165, 1.54) is 24.8 Å². The van der Waals surface area contributed by atoms with Crippen molar-refractivity contribution in [3.63, 3.8) is 0 Å². The SMILES string of the molecule is C[C@]12CCC(=O)C=C1CC[C@@H]1C2CC[C@@]2(C)C1CC[C@]2(C)O. The fraction of sp³-hybridized carbons (Fsp3) is 0.850. The first kappa shape index (κ1) is 14.9. The number of hydrogen-bond donors (Lipinski definition) is 1. The van der Waals surface area contributed by atoms with Crippen molar-refractivity contribution in [2.75, 3.05) is 0 Å². The second-order valence-electron chi connectivity index (χ2n) is 9.24. The van der Waals surface area contributed by atoms with Gasteiger partial charge in [-0.05, 0) is 86.5 Å². The molecule has 2 nitrogen and oxygen atoms in total. The summed E-state index contributed by atoms with van der Waals surface area (Å²) in [6.07, 6.45) is 10.7. The molecule has 3 fully saturated rings. The van der Waals surface area contributed by atoms with Crippen LogP contribution in [0.25, 0.3) is 0 Å². The highest BCUT2D eigenvalue weighted by Crippen LogP contribution is 2.67. The number of fused-ring (bicyclic) bond motifs is 5. The molecule has 2 unspecified atom stereocenters. The average molecular weight is 302 g/mol. The van der Waals surface area contributed by atoms with Crippen molar-refractivity contribution in [2.24, 2.45) is 28.6 Å². The molecule has 3 saturated carbocycles. The van der Waals surface area contributed by atoms with Gasteiger partial charge in [0.15, 0.2) is 5.78 Å². The van der Waals surface area contributed by atoms with Gasteiger partial charge in [0.1, 0.15) is 0 Å². The van der Waals surface area contributed by atoms with Crippen LogP contribution in [-0.4, -0.2) is 16.5 Å². The third-order valence-corrected chi connectivity index (χ3v) is 8.52. The molecule has 0 radical (unpaired) electrons. The van der Waals surface area contributed by atoms with Crippen LogP contribution in [0, 0.1) is 28.6 Å². The number of allylic oxidation sites excluding steroid dienone is 1. The summed E-state index contributed by atoms with van der Waals surface area (Å²) < 4.78 is 0. The maximum atomic E-state index is 11.8.